The first kappa shape index (κ1) is 8.62. The first-order valence-electron chi connectivity index (χ1n) is 4.65. The standard InChI is InChI=1S/C12H7ClN2/c13-11-8-4-1-2-5-9(8)15-10-6-3-7-14-12(10)11/h1-7H. The molecule has 2 aromatic heterocycles. The minimum atomic E-state index is 0.677. The lowest BCUT2D eigenvalue weighted by atomic mass is 10.2. The van der Waals surface area contributed by atoms with Crippen LogP contribution in [0.5, 0.6) is 0 Å². The number of pyridine rings is 2. The van der Waals surface area contributed by atoms with E-state index in [0.29, 0.717) is 5.02 Å². The summed E-state index contributed by atoms with van der Waals surface area (Å²) < 4.78 is 0. The Morgan fingerprint density at radius 3 is 2.67 bits per heavy atom. The van der Waals surface area contributed by atoms with Crippen LogP contribution in [0.3, 0.4) is 0 Å². The fourth-order valence-corrected chi connectivity index (χ4v) is 1.98. The Labute approximate surface area is 91.5 Å². The number of aromatic nitrogens is 2. The van der Waals surface area contributed by atoms with Crippen molar-refractivity contribution in [3.8, 4) is 0 Å². The van der Waals surface area contributed by atoms with Gasteiger partial charge in [0.2, 0.25) is 0 Å². The molecule has 0 atom stereocenters. The largest absolute Gasteiger partial charge is 0.253 e. The summed E-state index contributed by atoms with van der Waals surface area (Å²) in [7, 11) is 0. The third-order valence-corrected chi connectivity index (χ3v) is 2.76. The van der Waals surface area contributed by atoms with E-state index >= 15 is 0 Å². The number of benzene rings is 1. The summed E-state index contributed by atoms with van der Waals surface area (Å²) in [6.45, 7) is 0. The second kappa shape index (κ2) is 3.17. The van der Waals surface area contributed by atoms with Crippen molar-refractivity contribution in [2.24, 2.45) is 0 Å². The molecule has 0 fully saturated rings. The van der Waals surface area contributed by atoms with E-state index in [0.717, 1.165) is 21.9 Å². The van der Waals surface area contributed by atoms with E-state index in [4.69, 9.17) is 11.6 Å². The zero-order chi connectivity index (χ0) is 10.3. The number of para-hydroxylation sites is 1. The molecule has 1 aromatic carbocycles. The van der Waals surface area contributed by atoms with E-state index in [-0.39, 0.29) is 0 Å². The molecule has 3 heteroatoms. The highest BCUT2D eigenvalue weighted by atomic mass is 35.5. The summed E-state index contributed by atoms with van der Waals surface area (Å²) in [5.41, 5.74) is 2.50. The van der Waals surface area contributed by atoms with Gasteiger partial charge in [0.15, 0.2) is 0 Å². The molecule has 72 valence electrons. The Balaban J connectivity index is 2.60. The molecule has 0 aliphatic heterocycles. The number of halogens is 1. The summed E-state index contributed by atoms with van der Waals surface area (Å²) in [5, 5.41) is 1.63. The number of hydrogen-bond acceptors (Lipinski definition) is 2. The molecule has 0 saturated carbocycles. The van der Waals surface area contributed by atoms with Crippen molar-refractivity contribution in [2.45, 2.75) is 0 Å². The Morgan fingerprint density at radius 2 is 1.73 bits per heavy atom. The number of hydrogen-bond donors (Lipinski definition) is 0. The fraction of sp³-hybridized carbons (Fsp3) is 0. The van der Waals surface area contributed by atoms with Crippen LogP contribution in [0.2, 0.25) is 5.02 Å². The smallest absolute Gasteiger partial charge is 0.108 e. The lowest BCUT2D eigenvalue weighted by molar-refractivity contribution is 1.38. The van der Waals surface area contributed by atoms with Crippen LogP contribution in [0.25, 0.3) is 21.9 Å². The van der Waals surface area contributed by atoms with Crippen LogP contribution in [0.15, 0.2) is 42.6 Å². The van der Waals surface area contributed by atoms with E-state index in [9.17, 15) is 0 Å². The first-order valence-corrected chi connectivity index (χ1v) is 5.03. The number of fused-ring (bicyclic) bond motifs is 2. The Morgan fingerprint density at radius 1 is 0.933 bits per heavy atom. The van der Waals surface area contributed by atoms with Crippen molar-refractivity contribution in [3.63, 3.8) is 0 Å². The normalized spacial score (nSPS) is 11.0. The van der Waals surface area contributed by atoms with Gasteiger partial charge in [-0.15, -0.1) is 0 Å². The van der Waals surface area contributed by atoms with Gasteiger partial charge in [-0.3, -0.25) is 4.98 Å². The van der Waals surface area contributed by atoms with E-state index in [2.05, 4.69) is 9.97 Å². The maximum atomic E-state index is 6.27. The highest BCUT2D eigenvalue weighted by Crippen LogP contribution is 2.28. The van der Waals surface area contributed by atoms with Crippen molar-refractivity contribution < 1.29 is 0 Å². The van der Waals surface area contributed by atoms with E-state index < -0.39 is 0 Å². The molecule has 0 unspecified atom stereocenters. The van der Waals surface area contributed by atoms with Crippen LogP contribution in [-0.4, -0.2) is 9.97 Å². The molecular formula is C12H7ClN2. The average Bonchev–Trinajstić information content (AvgIpc) is 2.30. The monoisotopic (exact) mass is 214 g/mol. The van der Waals surface area contributed by atoms with Crippen molar-refractivity contribution in [3.05, 3.63) is 47.6 Å². The van der Waals surface area contributed by atoms with E-state index in [1.807, 2.05) is 36.4 Å². The Hall–Kier alpha value is -1.67. The van der Waals surface area contributed by atoms with Crippen molar-refractivity contribution in [2.75, 3.05) is 0 Å². The number of rotatable bonds is 0. The van der Waals surface area contributed by atoms with Gasteiger partial charge in [0.05, 0.1) is 16.1 Å². The molecule has 15 heavy (non-hydrogen) atoms. The molecule has 2 nitrogen and oxygen atoms in total. The molecular weight excluding hydrogens is 208 g/mol. The van der Waals surface area contributed by atoms with Gasteiger partial charge in [-0.2, -0.15) is 0 Å². The van der Waals surface area contributed by atoms with Crippen LogP contribution in [-0.2, 0) is 0 Å². The van der Waals surface area contributed by atoms with Crippen LogP contribution in [0, 0.1) is 0 Å². The zero-order valence-electron chi connectivity index (χ0n) is 7.81. The minimum absolute atomic E-state index is 0.677. The molecule has 0 aliphatic carbocycles. The predicted octanol–water partition coefficient (Wildman–Crippen LogP) is 3.44. The van der Waals surface area contributed by atoms with Gasteiger partial charge >= 0.3 is 0 Å². The lowest BCUT2D eigenvalue weighted by Gasteiger charge is -2.03. The van der Waals surface area contributed by atoms with E-state index in [1.165, 1.54) is 0 Å². The summed E-state index contributed by atoms with van der Waals surface area (Å²) >= 11 is 6.27. The average molecular weight is 215 g/mol. The lowest BCUT2D eigenvalue weighted by Crippen LogP contribution is -1.86. The minimum Gasteiger partial charge on any atom is -0.253 e. The molecule has 0 aliphatic rings. The molecule has 3 aromatic rings. The molecule has 0 N–H and O–H groups in total. The van der Waals surface area contributed by atoms with Crippen LogP contribution in [0.1, 0.15) is 0 Å². The molecule has 0 spiro atoms. The maximum Gasteiger partial charge on any atom is 0.108 e. The molecule has 0 saturated heterocycles. The summed E-state index contributed by atoms with van der Waals surface area (Å²) in [5.74, 6) is 0. The van der Waals surface area contributed by atoms with Gasteiger partial charge in [-0.05, 0) is 18.2 Å². The van der Waals surface area contributed by atoms with Gasteiger partial charge in [-0.25, -0.2) is 4.98 Å². The molecule has 2 heterocycles. The quantitative estimate of drug-likeness (QED) is 0.536. The van der Waals surface area contributed by atoms with Crippen molar-refractivity contribution >= 4 is 33.5 Å². The van der Waals surface area contributed by atoms with Crippen molar-refractivity contribution in [1.82, 2.24) is 9.97 Å². The SMILES string of the molecule is Clc1c2ccccc2nc2cccnc12. The van der Waals surface area contributed by atoms with E-state index in [1.54, 1.807) is 6.20 Å². The third kappa shape index (κ3) is 1.26. The van der Waals surface area contributed by atoms with Crippen LogP contribution in [0.4, 0.5) is 0 Å². The Kier molecular flexibility index (Phi) is 1.82. The molecule has 0 radical (unpaired) electrons. The van der Waals surface area contributed by atoms with Crippen LogP contribution >= 0.6 is 11.6 Å². The number of nitrogens with zero attached hydrogens (tertiary/aromatic N) is 2. The molecule has 0 amide bonds. The molecule has 3 rings (SSSR count). The summed E-state index contributed by atoms with van der Waals surface area (Å²) in [4.78, 5) is 8.73. The topological polar surface area (TPSA) is 25.8 Å². The Bertz CT molecular complexity index is 595. The van der Waals surface area contributed by atoms with Gasteiger partial charge < -0.3 is 0 Å². The van der Waals surface area contributed by atoms with Gasteiger partial charge in [0, 0.05) is 11.6 Å². The third-order valence-electron chi connectivity index (χ3n) is 2.38. The highest BCUT2D eigenvalue weighted by Gasteiger charge is 2.06. The zero-order valence-corrected chi connectivity index (χ0v) is 8.57. The highest BCUT2D eigenvalue weighted by molar-refractivity contribution is 6.39. The second-order valence-corrected chi connectivity index (χ2v) is 3.69. The predicted molar refractivity (Wildman–Crippen MR) is 62.1 cm³/mol. The molecule has 0 bridgehead atoms. The van der Waals surface area contributed by atoms with Crippen molar-refractivity contribution in [1.29, 1.82) is 0 Å². The maximum absolute atomic E-state index is 6.27. The first-order chi connectivity index (χ1) is 7.36. The van der Waals surface area contributed by atoms with Gasteiger partial charge in [0.25, 0.3) is 0 Å². The summed E-state index contributed by atoms with van der Waals surface area (Å²) in [6, 6.07) is 11.6. The fourth-order valence-electron chi connectivity index (χ4n) is 1.67. The second-order valence-electron chi connectivity index (χ2n) is 3.31. The van der Waals surface area contributed by atoms with Gasteiger partial charge in [0.1, 0.15) is 5.52 Å². The van der Waals surface area contributed by atoms with Gasteiger partial charge in [-0.1, -0.05) is 29.8 Å². The van der Waals surface area contributed by atoms with Crippen LogP contribution < -0.4 is 0 Å². The summed E-state index contributed by atoms with van der Waals surface area (Å²) in [6.07, 6.45) is 1.73.